The summed E-state index contributed by atoms with van der Waals surface area (Å²) in [5.74, 6) is 0.796. The summed E-state index contributed by atoms with van der Waals surface area (Å²) in [5.41, 5.74) is 0.536. The molecule has 1 amide bonds. The first-order chi connectivity index (χ1) is 13.8. The van der Waals surface area contributed by atoms with Crippen LogP contribution in [-0.4, -0.2) is 33.4 Å². The van der Waals surface area contributed by atoms with Gasteiger partial charge in [-0.05, 0) is 25.0 Å². The van der Waals surface area contributed by atoms with E-state index in [1.54, 1.807) is 17.0 Å². The molecule has 156 valence electrons. The number of halogens is 1. The van der Waals surface area contributed by atoms with E-state index in [2.05, 4.69) is 0 Å². The Labute approximate surface area is 174 Å². The monoisotopic (exact) mass is 439 g/mol. The predicted octanol–water partition coefficient (Wildman–Crippen LogP) is 4.19. The summed E-state index contributed by atoms with van der Waals surface area (Å²) in [7, 11) is -3.27. The van der Waals surface area contributed by atoms with Crippen molar-refractivity contribution in [1.82, 2.24) is 0 Å². The number of sulfone groups is 1. The van der Waals surface area contributed by atoms with Crippen molar-refractivity contribution >= 4 is 33.0 Å². The average molecular weight is 440 g/mol. The van der Waals surface area contributed by atoms with E-state index in [-0.39, 0.29) is 36.0 Å². The lowest BCUT2D eigenvalue weighted by atomic mass is 9.93. The smallest absolute Gasteiger partial charge is 0.294 e. The normalized spacial score (nSPS) is 16.8. The molecule has 1 saturated carbocycles. The molecule has 4 rings (SSSR count). The lowest BCUT2D eigenvalue weighted by molar-refractivity contribution is 0.0942. The first-order valence-corrected chi connectivity index (χ1v) is 11.9. The van der Waals surface area contributed by atoms with Gasteiger partial charge < -0.3 is 18.8 Å². The topological polar surface area (TPSA) is 86.1 Å². The molecule has 7 nitrogen and oxygen atoms in total. The summed E-state index contributed by atoms with van der Waals surface area (Å²) in [4.78, 5) is 15.1. The number of furan rings is 1. The highest BCUT2D eigenvalue weighted by molar-refractivity contribution is 7.89. The van der Waals surface area contributed by atoms with E-state index in [0.29, 0.717) is 22.2 Å². The van der Waals surface area contributed by atoms with Gasteiger partial charge in [0.1, 0.15) is 11.5 Å². The van der Waals surface area contributed by atoms with E-state index in [0.717, 1.165) is 38.4 Å². The zero-order valence-electron chi connectivity index (χ0n) is 16.0. The fraction of sp³-hybridized carbons (Fsp3) is 0.450. The molecule has 1 aliphatic heterocycles. The second-order valence-corrected chi connectivity index (χ2v) is 10.0. The van der Waals surface area contributed by atoms with Crippen LogP contribution in [-0.2, 0) is 15.6 Å². The summed E-state index contributed by atoms with van der Waals surface area (Å²) in [6, 6.07) is 6.38. The molecule has 0 saturated heterocycles. The molecule has 1 aliphatic carbocycles. The molecule has 0 bridgehead atoms. The summed E-state index contributed by atoms with van der Waals surface area (Å²) in [5, 5.41) is 0.385. The van der Waals surface area contributed by atoms with Crippen LogP contribution >= 0.6 is 11.6 Å². The van der Waals surface area contributed by atoms with Crippen molar-refractivity contribution in [3.8, 4) is 11.5 Å². The molecule has 0 N–H and O–H groups in total. The van der Waals surface area contributed by atoms with Gasteiger partial charge in [0.15, 0.2) is 27.1 Å². The zero-order chi connectivity index (χ0) is 20.6. The number of hydrogen-bond donors (Lipinski definition) is 0. The first kappa shape index (κ1) is 20.1. The maximum absolute atomic E-state index is 13.4. The number of benzene rings is 1. The molecule has 0 spiro atoms. The van der Waals surface area contributed by atoms with Gasteiger partial charge in [0.25, 0.3) is 5.91 Å². The summed E-state index contributed by atoms with van der Waals surface area (Å²) >= 11 is 6.51. The van der Waals surface area contributed by atoms with E-state index in [1.165, 1.54) is 12.1 Å². The highest BCUT2D eigenvalue weighted by Crippen LogP contribution is 2.43. The number of hydrogen-bond acceptors (Lipinski definition) is 6. The molecular weight excluding hydrogens is 418 g/mol. The number of rotatable bonds is 5. The number of ether oxygens (including phenoxy) is 2. The Balaban J connectivity index is 1.71. The van der Waals surface area contributed by atoms with Crippen LogP contribution in [0.3, 0.4) is 0 Å². The van der Waals surface area contributed by atoms with Crippen LogP contribution in [0.15, 0.2) is 28.7 Å². The van der Waals surface area contributed by atoms with Crippen molar-refractivity contribution in [1.29, 1.82) is 0 Å². The lowest BCUT2D eigenvalue weighted by Crippen LogP contribution is -2.41. The summed E-state index contributed by atoms with van der Waals surface area (Å²) in [6.45, 7) is 0.111. The zero-order valence-corrected chi connectivity index (χ0v) is 17.6. The number of nitrogens with zero attached hydrogens (tertiary/aromatic N) is 1. The Bertz CT molecular complexity index is 1030. The van der Waals surface area contributed by atoms with Gasteiger partial charge in [-0.25, -0.2) is 8.42 Å². The maximum atomic E-state index is 13.4. The van der Waals surface area contributed by atoms with E-state index < -0.39 is 9.84 Å². The maximum Gasteiger partial charge on any atom is 0.294 e. The van der Waals surface area contributed by atoms with Gasteiger partial charge in [-0.1, -0.05) is 30.9 Å². The highest BCUT2D eigenvalue weighted by Gasteiger charge is 2.32. The van der Waals surface area contributed by atoms with Crippen molar-refractivity contribution in [2.75, 3.05) is 17.9 Å². The van der Waals surface area contributed by atoms with Gasteiger partial charge >= 0.3 is 0 Å². The van der Waals surface area contributed by atoms with Crippen LogP contribution in [0.4, 0.5) is 5.69 Å². The summed E-state index contributed by atoms with van der Waals surface area (Å²) in [6.07, 6.45) is 6.01. The van der Waals surface area contributed by atoms with Crippen molar-refractivity contribution in [3.63, 3.8) is 0 Å². The van der Waals surface area contributed by atoms with Crippen LogP contribution in [0, 0.1) is 0 Å². The van der Waals surface area contributed by atoms with Crippen molar-refractivity contribution in [2.45, 2.75) is 43.9 Å². The fourth-order valence-corrected chi connectivity index (χ4v) is 4.77. The minimum absolute atomic E-state index is 0.0300. The Hall–Kier alpha value is -2.19. The Morgan fingerprint density at radius 2 is 1.83 bits per heavy atom. The molecule has 2 aliphatic rings. The van der Waals surface area contributed by atoms with Crippen molar-refractivity contribution in [3.05, 3.63) is 40.8 Å². The fourth-order valence-electron chi connectivity index (χ4n) is 3.85. The summed E-state index contributed by atoms with van der Waals surface area (Å²) < 4.78 is 39.5. The number of carbonyl (C=O) groups is 1. The molecule has 1 aromatic carbocycles. The third kappa shape index (κ3) is 4.38. The van der Waals surface area contributed by atoms with E-state index in [9.17, 15) is 13.2 Å². The molecule has 0 unspecified atom stereocenters. The second-order valence-electron chi connectivity index (χ2n) is 7.46. The van der Waals surface area contributed by atoms with E-state index in [4.69, 9.17) is 25.5 Å². The Morgan fingerprint density at radius 3 is 2.52 bits per heavy atom. The van der Waals surface area contributed by atoms with Crippen molar-refractivity contribution < 1.29 is 27.1 Å². The van der Waals surface area contributed by atoms with Crippen LogP contribution in [0.5, 0.6) is 11.5 Å². The third-order valence-corrected chi connectivity index (χ3v) is 6.25. The predicted molar refractivity (Wildman–Crippen MR) is 109 cm³/mol. The van der Waals surface area contributed by atoms with Gasteiger partial charge in [0.2, 0.25) is 6.79 Å². The molecule has 2 aromatic rings. The Morgan fingerprint density at radius 1 is 1.14 bits per heavy atom. The average Bonchev–Trinajstić information content (AvgIpc) is 3.30. The molecule has 1 fully saturated rings. The quantitative estimate of drug-likeness (QED) is 0.694. The van der Waals surface area contributed by atoms with E-state index >= 15 is 0 Å². The Kier molecular flexibility index (Phi) is 5.48. The molecule has 29 heavy (non-hydrogen) atoms. The van der Waals surface area contributed by atoms with Crippen molar-refractivity contribution in [2.24, 2.45) is 0 Å². The molecule has 2 heterocycles. The first-order valence-electron chi connectivity index (χ1n) is 9.51. The van der Waals surface area contributed by atoms with Crippen LogP contribution in [0.2, 0.25) is 5.02 Å². The van der Waals surface area contributed by atoms with Gasteiger partial charge in [0, 0.05) is 24.4 Å². The van der Waals surface area contributed by atoms with Crippen LogP contribution < -0.4 is 14.4 Å². The number of carbonyl (C=O) groups excluding carboxylic acids is 1. The minimum atomic E-state index is -3.27. The number of anilines is 1. The van der Waals surface area contributed by atoms with Gasteiger partial charge in [0.05, 0.1) is 10.7 Å². The SMILES string of the molecule is CS(=O)(=O)Cc1ccc(C(=O)N(c2cc3c(cc2Cl)OCO3)C2CCCCC2)o1. The van der Waals surface area contributed by atoms with Crippen LogP contribution in [0.25, 0.3) is 0 Å². The standard InChI is InChI=1S/C20H22ClNO6S/c1-29(24,25)11-14-7-8-17(28-14)20(23)22(13-5-3-2-4-6-13)16-10-19-18(9-15(16)21)26-12-27-19/h7-10,13H,2-6,11-12H2,1H3. The minimum Gasteiger partial charge on any atom is -0.455 e. The van der Waals surface area contributed by atoms with Gasteiger partial charge in [-0.15, -0.1) is 0 Å². The number of amides is 1. The van der Waals surface area contributed by atoms with Gasteiger partial charge in [-0.2, -0.15) is 0 Å². The lowest BCUT2D eigenvalue weighted by Gasteiger charge is -2.34. The van der Waals surface area contributed by atoms with Crippen LogP contribution in [0.1, 0.15) is 48.4 Å². The molecule has 9 heteroatoms. The highest BCUT2D eigenvalue weighted by atomic mass is 35.5. The largest absolute Gasteiger partial charge is 0.455 e. The molecule has 0 radical (unpaired) electrons. The van der Waals surface area contributed by atoms with E-state index in [1.807, 2.05) is 0 Å². The second kappa shape index (κ2) is 7.91. The van der Waals surface area contributed by atoms with Gasteiger partial charge in [-0.3, -0.25) is 4.79 Å². The molecule has 1 aromatic heterocycles. The molecular formula is C20H22ClNO6S. The number of fused-ring (bicyclic) bond motifs is 1. The third-order valence-electron chi connectivity index (χ3n) is 5.14. The molecule has 0 atom stereocenters.